The van der Waals surface area contributed by atoms with Gasteiger partial charge >= 0.3 is 12.3 Å². The monoisotopic (exact) mass is 376 g/mol. The van der Waals surface area contributed by atoms with Gasteiger partial charge < -0.3 is 18.9 Å². The van der Waals surface area contributed by atoms with Crippen LogP contribution < -0.4 is 0 Å². The van der Waals surface area contributed by atoms with Crippen molar-refractivity contribution in [2.24, 2.45) is 5.41 Å². The fourth-order valence-corrected chi connectivity index (χ4v) is 1.81. The van der Waals surface area contributed by atoms with Gasteiger partial charge in [-0.3, -0.25) is 0 Å². The van der Waals surface area contributed by atoms with E-state index in [4.69, 9.17) is 9.47 Å². The van der Waals surface area contributed by atoms with E-state index in [-0.39, 0.29) is 0 Å². The van der Waals surface area contributed by atoms with Crippen molar-refractivity contribution in [2.45, 2.75) is 23.9 Å². The summed E-state index contributed by atoms with van der Waals surface area (Å²) in [5.41, 5.74) is -0.734. The summed E-state index contributed by atoms with van der Waals surface area (Å²) in [5.74, 6) is 0. The molecule has 0 saturated heterocycles. The number of carbonyl (C=O) groups is 2. The maximum absolute atomic E-state index is 10.9. The summed E-state index contributed by atoms with van der Waals surface area (Å²) in [7, 11) is 2.40. The largest absolute Gasteiger partial charge is 0.509 e. The highest BCUT2D eigenvalue weighted by Crippen LogP contribution is 2.37. The van der Waals surface area contributed by atoms with Crippen LogP contribution in [-0.4, -0.2) is 36.6 Å². The second kappa shape index (κ2) is 7.05. The summed E-state index contributed by atoms with van der Waals surface area (Å²) >= 11 is 6.34. The fourth-order valence-electron chi connectivity index (χ4n) is 0.672. The van der Waals surface area contributed by atoms with Crippen LogP contribution in [0.5, 0.6) is 0 Å². The molecular formula is C9H14Br2O6. The number of hydrogen-bond donors (Lipinski definition) is 0. The van der Waals surface area contributed by atoms with E-state index in [1.165, 1.54) is 14.2 Å². The van der Waals surface area contributed by atoms with Crippen LogP contribution in [0.2, 0.25) is 0 Å². The first kappa shape index (κ1) is 16.5. The average Bonchev–Trinajstić information content (AvgIpc) is 2.28. The molecule has 0 aromatic rings. The zero-order chi connectivity index (χ0) is 13.6. The molecule has 8 heteroatoms. The van der Waals surface area contributed by atoms with Crippen molar-refractivity contribution >= 4 is 44.2 Å². The van der Waals surface area contributed by atoms with Crippen molar-refractivity contribution in [3.05, 3.63) is 0 Å². The second-order valence-electron chi connectivity index (χ2n) is 3.60. The Labute approximate surface area is 116 Å². The number of carbonyl (C=O) groups excluding carboxylic acids is 2. The van der Waals surface area contributed by atoms with Gasteiger partial charge in [-0.1, -0.05) is 13.8 Å². The molecule has 0 aromatic carbocycles. The quantitative estimate of drug-likeness (QED) is 0.554. The SMILES string of the molecule is COC(=O)OC(Br)C(C)(C)C(Br)OC(=O)OC. The molecule has 0 spiro atoms. The minimum Gasteiger partial charge on any atom is -0.438 e. The molecule has 0 bridgehead atoms. The third kappa shape index (κ3) is 5.12. The Kier molecular flexibility index (Phi) is 6.84. The predicted octanol–water partition coefficient (Wildman–Crippen LogP) is 3.02. The van der Waals surface area contributed by atoms with Gasteiger partial charge in [-0.2, -0.15) is 0 Å². The van der Waals surface area contributed by atoms with Crippen molar-refractivity contribution in [1.29, 1.82) is 0 Å². The molecule has 0 saturated carbocycles. The van der Waals surface area contributed by atoms with Crippen molar-refractivity contribution in [3.8, 4) is 0 Å². The first-order chi connectivity index (χ1) is 7.75. The highest BCUT2D eigenvalue weighted by atomic mass is 79.9. The highest BCUT2D eigenvalue weighted by molar-refractivity contribution is 9.10. The summed E-state index contributed by atoms with van der Waals surface area (Å²) in [6.07, 6.45) is -1.67. The molecule has 0 aliphatic rings. The first-order valence-electron chi connectivity index (χ1n) is 4.53. The standard InChI is InChI=1S/C9H14Br2O6/c1-9(2,5(10)16-7(12)14-3)6(11)17-8(13)15-4/h5-6H,1-4H3. The molecule has 6 nitrogen and oxygen atoms in total. The fraction of sp³-hybridized carbons (Fsp3) is 0.778. The maximum atomic E-state index is 10.9. The molecule has 0 rings (SSSR count). The van der Waals surface area contributed by atoms with Crippen LogP contribution in [0, 0.1) is 5.41 Å². The Morgan fingerprint density at radius 2 is 1.24 bits per heavy atom. The van der Waals surface area contributed by atoms with Crippen LogP contribution in [0.4, 0.5) is 9.59 Å². The summed E-state index contributed by atoms with van der Waals surface area (Å²) in [6, 6.07) is 0. The van der Waals surface area contributed by atoms with E-state index in [1.807, 2.05) is 0 Å². The third-order valence-electron chi connectivity index (χ3n) is 1.90. The van der Waals surface area contributed by atoms with Gasteiger partial charge in [0.25, 0.3) is 0 Å². The lowest BCUT2D eigenvalue weighted by molar-refractivity contribution is -0.0178. The van der Waals surface area contributed by atoms with Gasteiger partial charge in [0.15, 0.2) is 10.0 Å². The van der Waals surface area contributed by atoms with E-state index in [0.29, 0.717) is 0 Å². The molecule has 0 amide bonds. The Balaban J connectivity index is 4.52. The van der Waals surface area contributed by atoms with E-state index in [9.17, 15) is 9.59 Å². The minimum absolute atomic E-state index is 0.712. The second-order valence-corrected chi connectivity index (χ2v) is 5.26. The molecule has 2 unspecified atom stereocenters. The summed E-state index contributed by atoms with van der Waals surface area (Å²) in [6.45, 7) is 3.44. The molecule has 0 heterocycles. The Bertz CT molecular complexity index is 255. The summed E-state index contributed by atoms with van der Waals surface area (Å²) in [4.78, 5) is 21.9. The van der Waals surface area contributed by atoms with Gasteiger partial charge in [-0.15, -0.1) is 0 Å². The van der Waals surface area contributed by atoms with E-state index in [0.717, 1.165) is 0 Å². The predicted molar refractivity (Wildman–Crippen MR) is 66.2 cm³/mol. The van der Waals surface area contributed by atoms with Crippen LogP contribution in [0.15, 0.2) is 0 Å². The van der Waals surface area contributed by atoms with Crippen molar-refractivity contribution in [1.82, 2.24) is 0 Å². The summed E-state index contributed by atoms with van der Waals surface area (Å²) < 4.78 is 18.5. The van der Waals surface area contributed by atoms with Crippen LogP contribution >= 0.6 is 31.9 Å². The van der Waals surface area contributed by atoms with Crippen molar-refractivity contribution in [3.63, 3.8) is 0 Å². The van der Waals surface area contributed by atoms with Crippen LogP contribution in [-0.2, 0) is 18.9 Å². The molecule has 0 aromatic heterocycles. The lowest BCUT2D eigenvalue weighted by atomic mass is 9.96. The van der Waals surface area contributed by atoms with Gasteiger partial charge in [0.1, 0.15) is 0 Å². The molecule has 100 valence electrons. The normalized spacial score (nSPS) is 14.5. The molecule has 17 heavy (non-hydrogen) atoms. The Hall–Kier alpha value is -0.500. The van der Waals surface area contributed by atoms with E-state index in [2.05, 4.69) is 41.3 Å². The minimum atomic E-state index is -0.835. The number of methoxy groups -OCH3 is 2. The van der Waals surface area contributed by atoms with Gasteiger partial charge in [-0.25, -0.2) is 9.59 Å². The zero-order valence-electron chi connectivity index (χ0n) is 9.86. The van der Waals surface area contributed by atoms with E-state index >= 15 is 0 Å². The van der Waals surface area contributed by atoms with Gasteiger partial charge in [-0.05, 0) is 31.9 Å². The topological polar surface area (TPSA) is 71.1 Å². The molecular weight excluding hydrogens is 364 g/mol. The van der Waals surface area contributed by atoms with Crippen LogP contribution in [0.3, 0.4) is 0 Å². The Morgan fingerprint density at radius 3 is 1.47 bits per heavy atom. The number of alkyl halides is 2. The van der Waals surface area contributed by atoms with Crippen molar-refractivity contribution in [2.75, 3.05) is 14.2 Å². The number of rotatable bonds is 4. The van der Waals surface area contributed by atoms with Gasteiger partial charge in [0.05, 0.1) is 19.6 Å². The number of halogens is 2. The van der Waals surface area contributed by atoms with E-state index < -0.39 is 27.8 Å². The summed E-state index contributed by atoms with van der Waals surface area (Å²) in [5, 5.41) is -1.42. The lowest BCUT2D eigenvalue weighted by Gasteiger charge is -2.32. The molecule has 0 aliphatic heterocycles. The van der Waals surface area contributed by atoms with Crippen LogP contribution in [0.1, 0.15) is 13.8 Å². The van der Waals surface area contributed by atoms with Crippen molar-refractivity contribution < 1.29 is 28.5 Å². The molecule has 0 fully saturated rings. The van der Waals surface area contributed by atoms with Crippen LogP contribution in [0.25, 0.3) is 0 Å². The smallest absolute Gasteiger partial charge is 0.438 e. The highest BCUT2D eigenvalue weighted by Gasteiger charge is 2.40. The zero-order valence-corrected chi connectivity index (χ0v) is 13.0. The molecule has 2 atom stereocenters. The molecule has 0 radical (unpaired) electrons. The van der Waals surface area contributed by atoms with Gasteiger partial charge in [0.2, 0.25) is 0 Å². The third-order valence-corrected chi connectivity index (χ3v) is 4.64. The first-order valence-corrected chi connectivity index (χ1v) is 6.36. The molecule has 0 N–H and O–H groups in total. The van der Waals surface area contributed by atoms with E-state index in [1.54, 1.807) is 13.8 Å². The molecule has 0 aliphatic carbocycles. The maximum Gasteiger partial charge on any atom is 0.509 e. The Morgan fingerprint density at radius 1 is 0.941 bits per heavy atom. The number of ether oxygens (including phenoxy) is 4. The average molecular weight is 378 g/mol. The lowest BCUT2D eigenvalue weighted by Crippen LogP contribution is -2.39. The number of hydrogen-bond acceptors (Lipinski definition) is 6. The van der Waals surface area contributed by atoms with Gasteiger partial charge in [0, 0.05) is 0 Å².